The van der Waals surface area contributed by atoms with E-state index in [2.05, 4.69) is 73.1 Å². The van der Waals surface area contributed by atoms with Crippen LogP contribution in [0.15, 0.2) is 54.6 Å². The topological polar surface area (TPSA) is 83.8 Å². The standard InChI is InChI=1S/C38H49BrO5/c1-23(10-17-34(41)42)29-15-16-30-35-31(18-19-36(29,30)3)37(4)22-33(39)38(43,21-28(37)20-32(35)44-24(2)40)27-13-11-26(12-14-27)25-8-6-5-7-9-25/h5-9,11-14,23,28-33,35,43H,10,15-22H2,1-4H3,(H,41,42)/t23?,28-,29-,30+,31+,32-,33-,35+,36-,37+,38+/m1/s1. The zero-order valence-electron chi connectivity index (χ0n) is 26.7. The Morgan fingerprint density at radius 2 is 1.61 bits per heavy atom. The van der Waals surface area contributed by atoms with Crippen LogP contribution in [0.25, 0.3) is 11.1 Å². The first kappa shape index (κ1) is 31.8. The highest BCUT2D eigenvalue weighted by atomic mass is 79.9. The Morgan fingerprint density at radius 1 is 0.955 bits per heavy atom. The molecule has 0 radical (unpaired) electrons. The van der Waals surface area contributed by atoms with Gasteiger partial charge in [0.25, 0.3) is 0 Å². The molecule has 0 aromatic heterocycles. The molecule has 0 heterocycles. The predicted molar refractivity (Wildman–Crippen MR) is 176 cm³/mol. The second-order valence-corrected chi connectivity index (χ2v) is 16.4. The van der Waals surface area contributed by atoms with Gasteiger partial charge in [-0.1, -0.05) is 91.3 Å². The number of ether oxygens (including phenoxy) is 1. The van der Waals surface area contributed by atoms with Gasteiger partial charge in [-0.15, -0.1) is 0 Å². The van der Waals surface area contributed by atoms with Crippen LogP contribution in [-0.2, 0) is 19.9 Å². The average Bonchev–Trinajstić information content (AvgIpc) is 3.35. The van der Waals surface area contributed by atoms with Crippen LogP contribution in [-0.4, -0.2) is 33.1 Å². The number of halogens is 1. The lowest BCUT2D eigenvalue weighted by Crippen LogP contribution is -2.62. The summed E-state index contributed by atoms with van der Waals surface area (Å²) in [5.41, 5.74) is 2.39. The maximum absolute atomic E-state index is 12.5. The molecule has 2 aromatic carbocycles. The first-order chi connectivity index (χ1) is 20.9. The van der Waals surface area contributed by atoms with E-state index in [1.54, 1.807) is 0 Å². The second-order valence-electron chi connectivity index (χ2n) is 15.3. The van der Waals surface area contributed by atoms with Crippen LogP contribution in [0.4, 0.5) is 0 Å². The van der Waals surface area contributed by atoms with E-state index in [9.17, 15) is 19.8 Å². The molecule has 0 saturated heterocycles. The van der Waals surface area contributed by atoms with Crippen LogP contribution in [0.3, 0.4) is 0 Å². The smallest absolute Gasteiger partial charge is 0.303 e. The Labute approximate surface area is 271 Å². The maximum atomic E-state index is 12.5. The van der Waals surface area contributed by atoms with E-state index < -0.39 is 11.6 Å². The average molecular weight is 666 g/mol. The summed E-state index contributed by atoms with van der Waals surface area (Å²) in [5, 5.41) is 21.7. The van der Waals surface area contributed by atoms with Crippen molar-refractivity contribution in [2.75, 3.05) is 0 Å². The molecular weight excluding hydrogens is 616 g/mol. The van der Waals surface area contributed by atoms with E-state index >= 15 is 0 Å². The van der Waals surface area contributed by atoms with Crippen LogP contribution in [0, 0.1) is 46.3 Å². The fourth-order valence-electron chi connectivity index (χ4n) is 10.9. The highest BCUT2D eigenvalue weighted by molar-refractivity contribution is 9.09. The molecule has 4 saturated carbocycles. The third-order valence-corrected chi connectivity index (χ3v) is 14.2. The summed E-state index contributed by atoms with van der Waals surface area (Å²) < 4.78 is 6.24. The van der Waals surface area contributed by atoms with E-state index in [1.807, 2.05) is 18.2 Å². The van der Waals surface area contributed by atoms with Gasteiger partial charge in [-0.3, -0.25) is 9.59 Å². The molecule has 4 aliphatic rings. The van der Waals surface area contributed by atoms with Gasteiger partial charge in [-0.25, -0.2) is 0 Å². The summed E-state index contributed by atoms with van der Waals surface area (Å²) >= 11 is 4.02. The Bertz CT molecular complexity index is 1360. The summed E-state index contributed by atoms with van der Waals surface area (Å²) in [6.07, 6.45) is 7.57. The summed E-state index contributed by atoms with van der Waals surface area (Å²) in [4.78, 5) is 23.8. The molecule has 0 spiro atoms. The van der Waals surface area contributed by atoms with Gasteiger partial charge in [0.2, 0.25) is 0 Å². The van der Waals surface area contributed by atoms with Gasteiger partial charge in [0.05, 0.1) is 0 Å². The number of aliphatic hydroxyl groups is 1. The first-order valence-corrected chi connectivity index (χ1v) is 17.7. The first-order valence-electron chi connectivity index (χ1n) is 16.8. The number of carbonyl (C=O) groups is 2. The lowest BCUT2D eigenvalue weighted by atomic mass is 9.42. The van der Waals surface area contributed by atoms with E-state index in [1.165, 1.54) is 6.92 Å². The van der Waals surface area contributed by atoms with E-state index in [0.717, 1.165) is 61.6 Å². The lowest BCUT2D eigenvalue weighted by Gasteiger charge is -2.64. The van der Waals surface area contributed by atoms with Gasteiger partial charge in [-0.05, 0) is 108 Å². The lowest BCUT2D eigenvalue weighted by molar-refractivity contribution is -0.202. The summed E-state index contributed by atoms with van der Waals surface area (Å²) in [6.45, 7) is 8.69. The third kappa shape index (κ3) is 5.36. The van der Waals surface area contributed by atoms with Gasteiger partial charge in [-0.2, -0.15) is 0 Å². The van der Waals surface area contributed by atoms with Crippen LogP contribution in [0.1, 0.15) is 91.0 Å². The summed E-state index contributed by atoms with van der Waals surface area (Å²) in [7, 11) is 0. The number of hydrogen-bond donors (Lipinski definition) is 2. The molecule has 6 heteroatoms. The van der Waals surface area contributed by atoms with Crippen molar-refractivity contribution in [3.05, 3.63) is 60.2 Å². The van der Waals surface area contributed by atoms with Crippen molar-refractivity contribution in [2.24, 2.45) is 46.3 Å². The van der Waals surface area contributed by atoms with E-state index in [0.29, 0.717) is 36.0 Å². The van der Waals surface area contributed by atoms with E-state index in [-0.39, 0.29) is 40.1 Å². The SMILES string of the molecule is CC(=O)O[C@@H]1C[C@@H]2C[C@](O)(c3ccc(-c4ccccc4)cc3)[C@H](Br)C[C@]2(C)[C@H]2CC[C@]3(C)[C@@H](C(C)CCC(=O)O)CC[C@H]3[C@H]12. The van der Waals surface area contributed by atoms with Gasteiger partial charge in [0, 0.05) is 24.1 Å². The number of aliphatic carboxylic acids is 1. The molecule has 11 atom stereocenters. The molecule has 2 N–H and O–H groups in total. The molecular formula is C38H49BrO5. The van der Waals surface area contributed by atoms with Gasteiger partial charge < -0.3 is 14.9 Å². The van der Waals surface area contributed by atoms with Crippen LogP contribution in [0.5, 0.6) is 0 Å². The van der Waals surface area contributed by atoms with Crippen molar-refractivity contribution in [1.82, 2.24) is 0 Å². The Hall–Kier alpha value is -2.18. The minimum Gasteiger partial charge on any atom is -0.481 e. The molecule has 1 unspecified atom stereocenters. The van der Waals surface area contributed by atoms with Crippen molar-refractivity contribution in [3.8, 4) is 11.1 Å². The Morgan fingerprint density at radius 3 is 2.27 bits per heavy atom. The zero-order chi connectivity index (χ0) is 31.4. The molecule has 0 amide bonds. The highest BCUT2D eigenvalue weighted by Crippen LogP contribution is 2.70. The number of rotatable bonds is 7. The van der Waals surface area contributed by atoms with Gasteiger partial charge in [0.1, 0.15) is 11.7 Å². The van der Waals surface area contributed by atoms with Crippen molar-refractivity contribution in [1.29, 1.82) is 0 Å². The molecule has 238 valence electrons. The number of benzene rings is 2. The van der Waals surface area contributed by atoms with E-state index in [4.69, 9.17) is 4.74 Å². The van der Waals surface area contributed by atoms with Crippen molar-refractivity contribution < 1.29 is 24.5 Å². The normalized spacial score (nSPS) is 40.3. The zero-order valence-corrected chi connectivity index (χ0v) is 28.3. The number of alkyl halides is 1. The fourth-order valence-corrected chi connectivity index (χ4v) is 12.1. The molecule has 2 aromatic rings. The molecule has 4 fully saturated rings. The van der Waals surface area contributed by atoms with Crippen molar-refractivity contribution in [2.45, 2.75) is 102 Å². The number of hydrogen-bond acceptors (Lipinski definition) is 4. The summed E-state index contributed by atoms with van der Waals surface area (Å²) in [6, 6.07) is 18.7. The number of carboxylic acids is 1. The minimum atomic E-state index is -1.01. The van der Waals surface area contributed by atoms with Crippen molar-refractivity contribution in [3.63, 3.8) is 0 Å². The largest absolute Gasteiger partial charge is 0.481 e. The summed E-state index contributed by atoms with van der Waals surface area (Å²) in [5.74, 6) is 1.34. The number of fused-ring (bicyclic) bond motifs is 5. The molecule has 6 rings (SSSR count). The molecule has 4 aliphatic carbocycles. The molecule has 0 aliphatic heterocycles. The molecule has 0 bridgehead atoms. The quantitative estimate of drug-likeness (QED) is 0.229. The Balaban J connectivity index is 1.28. The molecule has 44 heavy (non-hydrogen) atoms. The Kier molecular flexibility index (Phi) is 8.58. The van der Waals surface area contributed by atoms with Gasteiger partial charge in [0.15, 0.2) is 0 Å². The minimum absolute atomic E-state index is 0.0278. The monoisotopic (exact) mass is 664 g/mol. The number of esters is 1. The maximum Gasteiger partial charge on any atom is 0.303 e. The molecule has 5 nitrogen and oxygen atoms in total. The highest BCUT2D eigenvalue weighted by Gasteiger charge is 2.66. The van der Waals surface area contributed by atoms with Crippen molar-refractivity contribution >= 4 is 27.9 Å². The second kappa shape index (κ2) is 11.9. The third-order valence-electron chi connectivity index (χ3n) is 13.1. The number of carbonyl (C=O) groups excluding carboxylic acids is 1. The van der Waals surface area contributed by atoms with Crippen LogP contribution in [0.2, 0.25) is 0 Å². The predicted octanol–water partition coefficient (Wildman–Crippen LogP) is 8.62. The fraction of sp³-hybridized carbons (Fsp3) is 0.632. The number of carboxylic acid groups (broad SMARTS) is 1. The van der Waals surface area contributed by atoms with Crippen LogP contribution < -0.4 is 0 Å². The van der Waals surface area contributed by atoms with Crippen LogP contribution >= 0.6 is 15.9 Å². The van der Waals surface area contributed by atoms with Gasteiger partial charge >= 0.3 is 11.9 Å².